The van der Waals surface area contributed by atoms with Gasteiger partial charge < -0.3 is 10.0 Å². The highest BCUT2D eigenvalue weighted by Gasteiger charge is 2.37. The number of aliphatic carboxylic acids is 1. The van der Waals surface area contributed by atoms with Crippen molar-refractivity contribution in [3.8, 4) is 0 Å². The molecular weight excluding hydrogens is 393 g/mol. The monoisotopic (exact) mass is 407 g/mol. The molecule has 0 radical (unpaired) electrons. The van der Waals surface area contributed by atoms with Crippen molar-refractivity contribution >= 4 is 46.1 Å². The Kier molecular flexibility index (Phi) is 4.90. The minimum atomic E-state index is -0.942. The third-order valence-corrected chi connectivity index (χ3v) is 5.19. The Balaban J connectivity index is 2.30. The number of hydrogen-bond acceptors (Lipinski definition) is 2. The molecule has 1 saturated heterocycles. The average molecular weight is 408 g/mol. The molecule has 2 unspecified atom stereocenters. The van der Waals surface area contributed by atoms with E-state index in [-0.39, 0.29) is 11.8 Å². The van der Waals surface area contributed by atoms with Crippen molar-refractivity contribution in [3.05, 3.63) is 32.4 Å². The molecule has 1 amide bonds. The molecule has 1 heterocycles. The van der Waals surface area contributed by atoms with Gasteiger partial charge in [0.1, 0.15) is 6.04 Å². The van der Waals surface area contributed by atoms with Gasteiger partial charge in [-0.05, 0) is 59.5 Å². The molecule has 1 N–H and O–H groups in total. The summed E-state index contributed by atoms with van der Waals surface area (Å²) in [5.74, 6) is -1.24. The molecule has 0 bridgehead atoms. The highest BCUT2D eigenvalue weighted by Crippen LogP contribution is 2.27. The lowest BCUT2D eigenvalue weighted by molar-refractivity contribution is -0.145. The molecule has 4 nitrogen and oxygen atoms in total. The second-order valence-corrected chi connectivity index (χ2v) is 6.60. The molecule has 0 aliphatic carbocycles. The van der Waals surface area contributed by atoms with E-state index in [2.05, 4.69) is 22.6 Å². The van der Waals surface area contributed by atoms with Crippen molar-refractivity contribution in [1.29, 1.82) is 0 Å². The number of benzene rings is 1. The van der Waals surface area contributed by atoms with Crippen LogP contribution in [0.4, 0.5) is 0 Å². The summed E-state index contributed by atoms with van der Waals surface area (Å²) >= 11 is 8.12. The first-order chi connectivity index (χ1) is 9.41. The molecule has 1 aromatic rings. The zero-order valence-electron chi connectivity index (χ0n) is 11.0. The van der Waals surface area contributed by atoms with Crippen molar-refractivity contribution in [2.45, 2.75) is 25.8 Å². The summed E-state index contributed by atoms with van der Waals surface area (Å²) in [5, 5.41) is 9.86. The first kappa shape index (κ1) is 15.6. The number of carboxylic acid groups (broad SMARTS) is 1. The average Bonchev–Trinajstić information content (AvgIpc) is 2.40. The number of carbonyl (C=O) groups excluding carboxylic acids is 1. The van der Waals surface area contributed by atoms with Crippen LogP contribution in [0.15, 0.2) is 18.2 Å². The van der Waals surface area contributed by atoms with Crippen LogP contribution in [-0.4, -0.2) is 34.5 Å². The Morgan fingerprint density at radius 3 is 2.75 bits per heavy atom. The predicted molar refractivity (Wildman–Crippen MR) is 85.0 cm³/mol. The molecule has 0 saturated carbocycles. The standard InChI is InChI=1S/C14H15ClINO3/c1-8-3-2-6-17(12(8)14(19)20)13(18)9-4-5-11(16)10(15)7-9/h4-5,7-8,12H,2-3,6H2,1H3,(H,19,20). The van der Waals surface area contributed by atoms with E-state index in [1.165, 1.54) is 4.90 Å². The van der Waals surface area contributed by atoms with Crippen LogP contribution < -0.4 is 0 Å². The van der Waals surface area contributed by atoms with Gasteiger partial charge in [0, 0.05) is 15.7 Å². The van der Waals surface area contributed by atoms with Gasteiger partial charge in [-0.1, -0.05) is 18.5 Å². The summed E-state index contributed by atoms with van der Waals surface area (Å²) in [5.41, 5.74) is 0.441. The Labute approximate surface area is 136 Å². The van der Waals surface area contributed by atoms with Crippen molar-refractivity contribution < 1.29 is 14.7 Å². The molecule has 108 valence electrons. The maximum Gasteiger partial charge on any atom is 0.326 e. The van der Waals surface area contributed by atoms with Crippen LogP contribution in [0.5, 0.6) is 0 Å². The molecule has 20 heavy (non-hydrogen) atoms. The van der Waals surface area contributed by atoms with E-state index in [4.69, 9.17) is 11.6 Å². The van der Waals surface area contributed by atoms with Gasteiger partial charge in [0.25, 0.3) is 5.91 Å². The van der Waals surface area contributed by atoms with Crippen molar-refractivity contribution in [2.24, 2.45) is 5.92 Å². The summed E-state index contributed by atoms with van der Waals surface area (Å²) in [4.78, 5) is 25.4. The normalized spacial score (nSPS) is 22.6. The summed E-state index contributed by atoms with van der Waals surface area (Å²) < 4.78 is 0.864. The SMILES string of the molecule is CC1CCCN(C(=O)c2ccc(I)c(Cl)c2)C1C(=O)O. The summed E-state index contributed by atoms with van der Waals surface area (Å²) in [7, 11) is 0. The van der Waals surface area contributed by atoms with E-state index in [9.17, 15) is 14.7 Å². The Morgan fingerprint density at radius 1 is 1.45 bits per heavy atom. The summed E-state index contributed by atoms with van der Waals surface area (Å²) in [6, 6.07) is 4.30. The Morgan fingerprint density at radius 2 is 2.15 bits per heavy atom. The van der Waals surface area contributed by atoms with E-state index in [1.54, 1.807) is 18.2 Å². The van der Waals surface area contributed by atoms with Gasteiger partial charge in [-0.3, -0.25) is 4.79 Å². The first-order valence-corrected chi connectivity index (χ1v) is 7.86. The Bertz CT molecular complexity index is 549. The molecule has 1 aliphatic rings. The molecule has 2 rings (SSSR count). The maximum atomic E-state index is 12.5. The second kappa shape index (κ2) is 6.30. The number of likely N-dealkylation sites (tertiary alicyclic amines) is 1. The van der Waals surface area contributed by atoms with Crippen LogP contribution in [0.25, 0.3) is 0 Å². The largest absolute Gasteiger partial charge is 0.480 e. The van der Waals surface area contributed by atoms with Gasteiger partial charge in [0.2, 0.25) is 0 Å². The van der Waals surface area contributed by atoms with Crippen molar-refractivity contribution in [2.75, 3.05) is 6.54 Å². The second-order valence-electron chi connectivity index (χ2n) is 5.03. The number of carboxylic acids is 1. The Hall–Kier alpha value is -0.820. The van der Waals surface area contributed by atoms with E-state index >= 15 is 0 Å². The fourth-order valence-corrected chi connectivity index (χ4v) is 3.10. The highest BCUT2D eigenvalue weighted by molar-refractivity contribution is 14.1. The van der Waals surface area contributed by atoms with Crippen LogP contribution >= 0.6 is 34.2 Å². The van der Waals surface area contributed by atoms with E-state index in [0.29, 0.717) is 17.1 Å². The quantitative estimate of drug-likeness (QED) is 0.766. The minimum Gasteiger partial charge on any atom is -0.480 e. The van der Waals surface area contributed by atoms with E-state index < -0.39 is 12.0 Å². The smallest absolute Gasteiger partial charge is 0.326 e. The molecular formula is C14H15ClINO3. The molecule has 0 spiro atoms. The van der Waals surface area contributed by atoms with Gasteiger partial charge in [-0.2, -0.15) is 0 Å². The first-order valence-electron chi connectivity index (χ1n) is 6.40. The van der Waals surface area contributed by atoms with Gasteiger partial charge in [0.15, 0.2) is 0 Å². The van der Waals surface area contributed by atoms with Gasteiger partial charge >= 0.3 is 5.97 Å². The van der Waals surface area contributed by atoms with Crippen molar-refractivity contribution in [3.63, 3.8) is 0 Å². The lowest BCUT2D eigenvalue weighted by atomic mass is 9.90. The van der Waals surface area contributed by atoms with Crippen LogP contribution in [-0.2, 0) is 4.79 Å². The summed E-state index contributed by atoms with van der Waals surface area (Å²) in [6.07, 6.45) is 1.66. The predicted octanol–water partition coefficient (Wildman–Crippen LogP) is 3.27. The number of nitrogens with zero attached hydrogens (tertiary/aromatic N) is 1. The fourth-order valence-electron chi connectivity index (χ4n) is 2.59. The molecule has 1 fully saturated rings. The van der Waals surface area contributed by atoms with E-state index in [0.717, 1.165) is 16.4 Å². The van der Waals surface area contributed by atoms with Crippen molar-refractivity contribution in [1.82, 2.24) is 4.90 Å². The molecule has 0 aromatic heterocycles. The number of amides is 1. The molecule has 1 aromatic carbocycles. The molecule has 2 atom stereocenters. The minimum absolute atomic E-state index is 0.0375. The number of carbonyl (C=O) groups is 2. The highest BCUT2D eigenvalue weighted by atomic mass is 127. The number of hydrogen-bond donors (Lipinski definition) is 1. The summed E-state index contributed by atoms with van der Waals surface area (Å²) in [6.45, 7) is 2.35. The topological polar surface area (TPSA) is 57.6 Å². The lowest BCUT2D eigenvalue weighted by Gasteiger charge is -2.37. The fraction of sp³-hybridized carbons (Fsp3) is 0.429. The van der Waals surface area contributed by atoms with Crippen LogP contribution in [0.3, 0.4) is 0 Å². The van der Waals surface area contributed by atoms with Crippen LogP contribution in [0.1, 0.15) is 30.1 Å². The third-order valence-electron chi connectivity index (χ3n) is 3.61. The van der Waals surface area contributed by atoms with Gasteiger partial charge in [0.05, 0.1) is 5.02 Å². The zero-order valence-corrected chi connectivity index (χ0v) is 13.9. The third kappa shape index (κ3) is 3.09. The lowest BCUT2D eigenvalue weighted by Crippen LogP contribution is -2.51. The number of halogens is 2. The maximum absolute atomic E-state index is 12.5. The van der Waals surface area contributed by atoms with Crippen LogP contribution in [0, 0.1) is 9.49 Å². The van der Waals surface area contributed by atoms with Gasteiger partial charge in [-0.25, -0.2) is 4.79 Å². The number of piperidine rings is 1. The molecule has 1 aliphatic heterocycles. The van der Waals surface area contributed by atoms with E-state index in [1.807, 2.05) is 6.92 Å². The zero-order chi connectivity index (χ0) is 14.9. The van der Waals surface area contributed by atoms with Crippen LogP contribution in [0.2, 0.25) is 5.02 Å². The molecule has 6 heteroatoms. The number of rotatable bonds is 2. The van der Waals surface area contributed by atoms with Gasteiger partial charge in [-0.15, -0.1) is 0 Å².